The second kappa shape index (κ2) is 7.06. The van der Waals surface area contributed by atoms with E-state index in [1.165, 1.54) is 0 Å². The molecule has 1 heterocycles. The number of hydrogen-bond donors (Lipinski definition) is 1. The van der Waals surface area contributed by atoms with Crippen LogP contribution in [-0.2, 0) is 11.2 Å². The van der Waals surface area contributed by atoms with Gasteiger partial charge in [-0.25, -0.2) is 0 Å². The van der Waals surface area contributed by atoms with Gasteiger partial charge in [0.05, 0.1) is 13.0 Å². The molecule has 0 unspecified atom stereocenters. The standard InChI is InChI=1S/C16H19N3O3/c20-14(9-11-21-13-4-2-1-3-5-13)17-10-8-15-18-16(19-22-15)12-6-7-12/h1-5,12H,6-11H2,(H,17,20). The van der Waals surface area contributed by atoms with Crippen LogP contribution in [0.25, 0.3) is 0 Å². The molecule has 1 aliphatic rings. The highest BCUT2D eigenvalue weighted by Crippen LogP contribution is 2.38. The number of hydrogen-bond acceptors (Lipinski definition) is 5. The van der Waals surface area contributed by atoms with E-state index in [4.69, 9.17) is 9.26 Å². The van der Waals surface area contributed by atoms with Gasteiger partial charge in [0, 0.05) is 18.9 Å². The monoisotopic (exact) mass is 301 g/mol. The van der Waals surface area contributed by atoms with Gasteiger partial charge >= 0.3 is 0 Å². The van der Waals surface area contributed by atoms with Crippen molar-refractivity contribution in [2.75, 3.05) is 13.2 Å². The molecular formula is C16H19N3O3. The summed E-state index contributed by atoms with van der Waals surface area (Å²) in [5.74, 6) is 2.61. The Morgan fingerprint density at radius 1 is 1.32 bits per heavy atom. The van der Waals surface area contributed by atoms with Crippen molar-refractivity contribution in [3.05, 3.63) is 42.0 Å². The number of nitrogens with one attached hydrogen (secondary N) is 1. The molecule has 1 aliphatic carbocycles. The Morgan fingerprint density at radius 2 is 2.14 bits per heavy atom. The van der Waals surface area contributed by atoms with Gasteiger partial charge in [-0.1, -0.05) is 23.4 Å². The summed E-state index contributed by atoms with van der Waals surface area (Å²) in [6.07, 6.45) is 3.19. The second-order valence-electron chi connectivity index (χ2n) is 5.33. The van der Waals surface area contributed by atoms with Gasteiger partial charge in [-0.15, -0.1) is 0 Å². The lowest BCUT2D eigenvalue weighted by molar-refractivity contribution is -0.121. The number of carbonyl (C=O) groups is 1. The van der Waals surface area contributed by atoms with Crippen LogP contribution in [0.5, 0.6) is 5.75 Å². The minimum atomic E-state index is -0.0436. The van der Waals surface area contributed by atoms with Gasteiger partial charge < -0.3 is 14.6 Å². The van der Waals surface area contributed by atoms with Gasteiger partial charge in [-0.05, 0) is 25.0 Å². The Balaban J connectivity index is 1.30. The number of nitrogens with zero attached hydrogens (tertiary/aromatic N) is 2. The summed E-state index contributed by atoms with van der Waals surface area (Å²) >= 11 is 0. The van der Waals surface area contributed by atoms with Crippen molar-refractivity contribution >= 4 is 5.91 Å². The summed E-state index contributed by atoms with van der Waals surface area (Å²) < 4.78 is 10.6. The van der Waals surface area contributed by atoms with Crippen LogP contribution in [0.15, 0.2) is 34.9 Å². The minimum absolute atomic E-state index is 0.0436. The lowest BCUT2D eigenvalue weighted by Gasteiger charge is -2.06. The number of carbonyl (C=O) groups excluding carboxylic acids is 1. The van der Waals surface area contributed by atoms with Crippen molar-refractivity contribution in [3.63, 3.8) is 0 Å². The topological polar surface area (TPSA) is 77.2 Å². The first-order chi connectivity index (χ1) is 10.8. The third-order valence-electron chi connectivity index (χ3n) is 3.43. The molecule has 6 heteroatoms. The number of aromatic nitrogens is 2. The predicted molar refractivity (Wildman–Crippen MR) is 79.5 cm³/mol. The van der Waals surface area contributed by atoms with Gasteiger partial charge in [0.1, 0.15) is 5.75 Å². The molecule has 0 saturated heterocycles. The van der Waals surface area contributed by atoms with Gasteiger partial charge in [0.25, 0.3) is 0 Å². The number of amides is 1. The van der Waals surface area contributed by atoms with E-state index in [1.54, 1.807) is 0 Å². The van der Waals surface area contributed by atoms with Crippen molar-refractivity contribution in [1.82, 2.24) is 15.5 Å². The maximum absolute atomic E-state index is 11.7. The van der Waals surface area contributed by atoms with Gasteiger partial charge in [0.2, 0.25) is 11.8 Å². The van der Waals surface area contributed by atoms with Crippen molar-refractivity contribution in [1.29, 1.82) is 0 Å². The molecule has 3 rings (SSSR count). The predicted octanol–water partition coefficient (Wildman–Crippen LogP) is 2.07. The first kappa shape index (κ1) is 14.6. The highest BCUT2D eigenvalue weighted by atomic mass is 16.5. The summed E-state index contributed by atoms with van der Waals surface area (Å²) in [7, 11) is 0. The van der Waals surface area contributed by atoms with Gasteiger partial charge in [0.15, 0.2) is 5.82 Å². The number of ether oxygens (including phenoxy) is 1. The molecular weight excluding hydrogens is 282 g/mol. The molecule has 1 amide bonds. The van der Waals surface area contributed by atoms with Crippen LogP contribution < -0.4 is 10.1 Å². The fraction of sp³-hybridized carbons (Fsp3) is 0.438. The summed E-state index contributed by atoms with van der Waals surface area (Å²) in [5.41, 5.74) is 0. The molecule has 0 atom stereocenters. The zero-order valence-corrected chi connectivity index (χ0v) is 12.3. The molecule has 1 aromatic heterocycles. The lowest BCUT2D eigenvalue weighted by atomic mass is 10.3. The normalized spacial score (nSPS) is 13.8. The number of benzene rings is 1. The average Bonchev–Trinajstić information content (AvgIpc) is 3.28. The van der Waals surface area contributed by atoms with E-state index in [9.17, 15) is 4.79 Å². The van der Waals surface area contributed by atoms with E-state index in [0.29, 0.717) is 37.8 Å². The smallest absolute Gasteiger partial charge is 0.228 e. The van der Waals surface area contributed by atoms with E-state index in [2.05, 4.69) is 15.5 Å². The molecule has 0 aliphatic heterocycles. The third-order valence-corrected chi connectivity index (χ3v) is 3.43. The molecule has 1 aromatic carbocycles. The van der Waals surface area contributed by atoms with Crippen LogP contribution in [0.1, 0.15) is 36.9 Å². The largest absolute Gasteiger partial charge is 0.493 e. The van der Waals surface area contributed by atoms with Crippen LogP contribution in [0.4, 0.5) is 0 Å². The molecule has 1 fully saturated rings. The SMILES string of the molecule is O=C(CCOc1ccccc1)NCCc1nc(C2CC2)no1. The Kier molecular flexibility index (Phi) is 4.68. The van der Waals surface area contributed by atoms with Crippen LogP contribution in [0.3, 0.4) is 0 Å². The summed E-state index contributed by atoms with van der Waals surface area (Å²) in [6.45, 7) is 0.860. The van der Waals surface area contributed by atoms with Crippen LogP contribution in [-0.4, -0.2) is 29.2 Å². The molecule has 6 nitrogen and oxygen atoms in total. The molecule has 0 bridgehead atoms. The first-order valence-electron chi connectivity index (χ1n) is 7.58. The summed E-state index contributed by atoms with van der Waals surface area (Å²) in [4.78, 5) is 16.0. The molecule has 116 valence electrons. The Labute approximate surface area is 128 Å². The Morgan fingerprint density at radius 3 is 2.91 bits per heavy atom. The van der Waals surface area contributed by atoms with Crippen molar-refractivity contribution in [3.8, 4) is 5.75 Å². The summed E-state index contributed by atoms with van der Waals surface area (Å²) in [6, 6.07) is 9.45. The Bertz CT molecular complexity index is 608. The fourth-order valence-corrected chi connectivity index (χ4v) is 2.05. The lowest BCUT2D eigenvalue weighted by Crippen LogP contribution is -2.27. The van der Waals surface area contributed by atoms with Crippen LogP contribution >= 0.6 is 0 Å². The third kappa shape index (κ3) is 4.31. The van der Waals surface area contributed by atoms with E-state index >= 15 is 0 Å². The molecule has 0 radical (unpaired) electrons. The maximum Gasteiger partial charge on any atom is 0.228 e. The number of rotatable bonds is 8. The van der Waals surface area contributed by atoms with Gasteiger partial charge in [-0.2, -0.15) is 4.98 Å². The highest BCUT2D eigenvalue weighted by molar-refractivity contribution is 5.75. The minimum Gasteiger partial charge on any atom is -0.493 e. The quantitative estimate of drug-likeness (QED) is 0.807. The first-order valence-corrected chi connectivity index (χ1v) is 7.58. The van der Waals surface area contributed by atoms with Crippen molar-refractivity contribution < 1.29 is 14.1 Å². The van der Waals surface area contributed by atoms with E-state index in [0.717, 1.165) is 24.4 Å². The van der Waals surface area contributed by atoms with Gasteiger partial charge in [-0.3, -0.25) is 4.79 Å². The molecule has 0 spiro atoms. The molecule has 22 heavy (non-hydrogen) atoms. The zero-order valence-electron chi connectivity index (χ0n) is 12.3. The molecule has 2 aromatic rings. The Hall–Kier alpha value is -2.37. The summed E-state index contributed by atoms with van der Waals surface area (Å²) in [5, 5.41) is 6.77. The molecule has 1 N–H and O–H groups in total. The average molecular weight is 301 g/mol. The van der Waals surface area contributed by atoms with Crippen molar-refractivity contribution in [2.45, 2.75) is 31.6 Å². The van der Waals surface area contributed by atoms with Crippen LogP contribution in [0, 0.1) is 0 Å². The van der Waals surface area contributed by atoms with Crippen LogP contribution in [0.2, 0.25) is 0 Å². The van der Waals surface area contributed by atoms with E-state index < -0.39 is 0 Å². The number of para-hydroxylation sites is 1. The van der Waals surface area contributed by atoms with Crippen molar-refractivity contribution in [2.24, 2.45) is 0 Å². The fourth-order valence-electron chi connectivity index (χ4n) is 2.05. The zero-order chi connectivity index (χ0) is 15.2. The van der Waals surface area contributed by atoms with E-state index in [-0.39, 0.29) is 5.91 Å². The van der Waals surface area contributed by atoms with E-state index in [1.807, 2.05) is 30.3 Å². The maximum atomic E-state index is 11.7. The second-order valence-corrected chi connectivity index (χ2v) is 5.33. The molecule has 1 saturated carbocycles. The highest BCUT2D eigenvalue weighted by Gasteiger charge is 2.28.